The molecule has 0 saturated heterocycles. The second-order valence-electron chi connectivity index (χ2n) is 6.15. The van der Waals surface area contributed by atoms with E-state index in [2.05, 4.69) is 48.6 Å². The van der Waals surface area contributed by atoms with Gasteiger partial charge in [0.15, 0.2) is 0 Å². The molecule has 2 N–H and O–H groups in total. The first-order valence-electron chi connectivity index (χ1n) is 8.88. The molecule has 2 rings (SSSR count). The second kappa shape index (κ2) is 10.5. The summed E-state index contributed by atoms with van der Waals surface area (Å²) in [5.41, 5.74) is 2.56. The van der Waals surface area contributed by atoms with Gasteiger partial charge in [0.05, 0.1) is 13.0 Å². The lowest BCUT2D eigenvalue weighted by Gasteiger charge is -2.16. The fourth-order valence-electron chi connectivity index (χ4n) is 2.69. The molecule has 0 aliphatic heterocycles. The molecule has 2 aromatic rings. The minimum Gasteiger partial charge on any atom is -0.494 e. The molecule has 25 heavy (non-hydrogen) atoms. The number of aliphatic carboxylic acids is 1. The standard InChI is InChI=1S/C21H27NO3/c1-2-19(22-14-12-21(23)24)13-15-25-20-10-8-18(9-11-20)16-17-6-4-3-5-7-17/h3-11,19,22H,2,12-16H2,1H3,(H,23,24). The van der Waals surface area contributed by atoms with Crippen molar-refractivity contribution in [2.24, 2.45) is 0 Å². The van der Waals surface area contributed by atoms with Crippen LogP contribution in [0, 0.1) is 0 Å². The Bertz CT molecular complexity index is 625. The molecule has 0 radical (unpaired) electrons. The van der Waals surface area contributed by atoms with E-state index in [4.69, 9.17) is 9.84 Å². The quantitative estimate of drug-likeness (QED) is 0.651. The summed E-state index contributed by atoms with van der Waals surface area (Å²) in [7, 11) is 0. The number of hydrogen-bond donors (Lipinski definition) is 2. The summed E-state index contributed by atoms with van der Waals surface area (Å²) in [6.45, 7) is 3.22. The molecule has 134 valence electrons. The van der Waals surface area contributed by atoms with Crippen molar-refractivity contribution in [3.8, 4) is 5.75 Å². The summed E-state index contributed by atoms with van der Waals surface area (Å²) in [5.74, 6) is 0.103. The Labute approximate surface area is 149 Å². The molecule has 0 spiro atoms. The molecule has 0 heterocycles. The smallest absolute Gasteiger partial charge is 0.304 e. The van der Waals surface area contributed by atoms with Gasteiger partial charge in [0.25, 0.3) is 0 Å². The van der Waals surface area contributed by atoms with Crippen LogP contribution in [0.15, 0.2) is 54.6 Å². The maximum atomic E-state index is 10.5. The molecule has 0 aliphatic rings. The number of carboxylic acids is 1. The van der Waals surface area contributed by atoms with Crippen LogP contribution in [0.4, 0.5) is 0 Å². The highest BCUT2D eigenvalue weighted by Crippen LogP contribution is 2.15. The van der Waals surface area contributed by atoms with Crippen molar-refractivity contribution in [3.63, 3.8) is 0 Å². The Morgan fingerprint density at radius 2 is 1.76 bits per heavy atom. The number of carbonyl (C=O) groups is 1. The van der Waals surface area contributed by atoms with Gasteiger partial charge in [-0.05, 0) is 42.5 Å². The average molecular weight is 341 g/mol. The highest BCUT2D eigenvalue weighted by Gasteiger charge is 2.07. The van der Waals surface area contributed by atoms with Gasteiger partial charge < -0.3 is 15.2 Å². The van der Waals surface area contributed by atoms with Crippen LogP contribution in [0.2, 0.25) is 0 Å². The SMILES string of the molecule is CCC(CCOc1ccc(Cc2ccccc2)cc1)NCCC(=O)O. The molecule has 0 bridgehead atoms. The molecule has 4 nitrogen and oxygen atoms in total. The van der Waals surface area contributed by atoms with E-state index in [1.165, 1.54) is 11.1 Å². The zero-order chi connectivity index (χ0) is 17.9. The van der Waals surface area contributed by atoms with Gasteiger partial charge >= 0.3 is 5.97 Å². The third-order valence-corrected chi connectivity index (χ3v) is 4.17. The van der Waals surface area contributed by atoms with Crippen molar-refractivity contribution in [1.29, 1.82) is 0 Å². The molecule has 0 aromatic heterocycles. The molecule has 0 amide bonds. The molecular weight excluding hydrogens is 314 g/mol. The van der Waals surface area contributed by atoms with E-state index in [0.29, 0.717) is 13.2 Å². The molecule has 2 aromatic carbocycles. The van der Waals surface area contributed by atoms with Crippen LogP contribution >= 0.6 is 0 Å². The molecule has 0 aliphatic carbocycles. The number of hydrogen-bond acceptors (Lipinski definition) is 3. The number of carboxylic acid groups (broad SMARTS) is 1. The largest absolute Gasteiger partial charge is 0.494 e. The van der Waals surface area contributed by atoms with E-state index in [0.717, 1.165) is 25.0 Å². The van der Waals surface area contributed by atoms with Crippen molar-refractivity contribution < 1.29 is 14.6 Å². The third kappa shape index (κ3) is 7.40. The van der Waals surface area contributed by atoms with E-state index in [1.54, 1.807) is 0 Å². The zero-order valence-corrected chi connectivity index (χ0v) is 14.8. The van der Waals surface area contributed by atoms with Gasteiger partial charge in [-0.1, -0.05) is 49.4 Å². The number of ether oxygens (including phenoxy) is 1. The lowest BCUT2D eigenvalue weighted by molar-refractivity contribution is -0.136. The fourth-order valence-corrected chi connectivity index (χ4v) is 2.69. The van der Waals surface area contributed by atoms with Gasteiger partial charge in [0.2, 0.25) is 0 Å². The van der Waals surface area contributed by atoms with Crippen LogP contribution in [-0.2, 0) is 11.2 Å². The monoisotopic (exact) mass is 341 g/mol. The van der Waals surface area contributed by atoms with Crippen molar-refractivity contribution in [3.05, 3.63) is 65.7 Å². The van der Waals surface area contributed by atoms with E-state index < -0.39 is 5.97 Å². The first-order valence-corrected chi connectivity index (χ1v) is 8.88. The van der Waals surface area contributed by atoms with Crippen molar-refractivity contribution in [2.75, 3.05) is 13.2 Å². The highest BCUT2D eigenvalue weighted by molar-refractivity contribution is 5.66. The Kier molecular flexibility index (Phi) is 7.99. The Hall–Kier alpha value is -2.33. The van der Waals surface area contributed by atoms with E-state index in [-0.39, 0.29) is 12.5 Å². The molecular formula is C21H27NO3. The molecule has 1 unspecified atom stereocenters. The minimum absolute atomic E-state index is 0.153. The predicted molar refractivity (Wildman–Crippen MR) is 100 cm³/mol. The van der Waals surface area contributed by atoms with Crippen LogP contribution in [0.1, 0.15) is 37.3 Å². The molecule has 0 saturated carbocycles. The summed E-state index contributed by atoms with van der Waals surface area (Å²) < 4.78 is 5.81. The second-order valence-corrected chi connectivity index (χ2v) is 6.15. The highest BCUT2D eigenvalue weighted by atomic mass is 16.5. The summed E-state index contributed by atoms with van der Waals surface area (Å²) >= 11 is 0. The lowest BCUT2D eigenvalue weighted by atomic mass is 10.1. The average Bonchev–Trinajstić information content (AvgIpc) is 2.62. The van der Waals surface area contributed by atoms with Crippen LogP contribution < -0.4 is 10.1 Å². The maximum absolute atomic E-state index is 10.5. The first kappa shape index (κ1) is 19.0. The van der Waals surface area contributed by atoms with Crippen LogP contribution in [0.3, 0.4) is 0 Å². The zero-order valence-electron chi connectivity index (χ0n) is 14.8. The van der Waals surface area contributed by atoms with Crippen LogP contribution in [0.25, 0.3) is 0 Å². The van der Waals surface area contributed by atoms with Gasteiger partial charge in [0, 0.05) is 12.6 Å². The summed E-state index contributed by atoms with van der Waals surface area (Å²) in [6, 6.07) is 18.9. The Balaban J connectivity index is 1.72. The van der Waals surface area contributed by atoms with Gasteiger partial charge in [-0.15, -0.1) is 0 Å². The molecule has 4 heteroatoms. The number of nitrogens with one attached hydrogen (secondary N) is 1. The van der Waals surface area contributed by atoms with Crippen molar-refractivity contribution in [2.45, 2.75) is 38.6 Å². The fraction of sp³-hybridized carbons (Fsp3) is 0.381. The Morgan fingerprint density at radius 1 is 1.08 bits per heavy atom. The first-order chi connectivity index (χ1) is 12.2. The van der Waals surface area contributed by atoms with Crippen LogP contribution in [-0.4, -0.2) is 30.3 Å². The Morgan fingerprint density at radius 3 is 2.40 bits per heavy atom. The van der Waals surface area contributed by atoms with Crippen LogP contribution in [0.5, 0.6) is 5.75 Å². The maximum Gasteiger partial charge on any atom is 0.304 e. The van der Waals surface area contributed by atoms with E-state index in [9.17, 15) is 4.79 Å². The van der Waals surface area contributed by atoms with Gasteiger partial charge in [-0.3, -0.25) is 4.79 Å². The predicted octanol–water partition coefficient (Wildman–Crippen LogP) is 3.89. The minimum atomic E-state index is -0.769. The number of benzene rings is 2. The van der Waals surface area contributed by atoms with Crippen molar-refractivity contribution >= 4 is 5.97 Å². The summed E-state index contributed by atoms with van der Waals surface area (Å²) in [6.07, 6.45) is 2.90. The summed E-state index contributed by atoms with van der Waals surface area (Å²) in [4.78, 5) is 10.5. The van der Waals surface area contributed by atoms with Gasteiger partial charge in [0.1, 0.15) is 5.75 Å². The van der Waals surface area contributed by atoms with Crippen molar-refractivity contribution in [1.82, 2.24) is 5.32 Å². The van der Waals surface area contributed by atoms with Gasteiger partial charge in [-0.25, -0.2) is 0 Å². The normalized spacial score (nSPS) is 11.9. The molecule has 0 fully saturated rings. The third-order valence-electron chi connectivity index (χ3n) is 4.17. The van der Waals surface area contributed by atoms with E-state index >= 15 is 0 Å². The number of rotatable bonds is 11. The van der Waals surface area contributed by atoms with Gasteiger partial charge in [-0.2, -0.15) is 0 Å². The molecule has 1 atom stereocenters. The lowest BCUT2D eigenvalue weighted by Crippen LogP contribution is -2.31. The summed E-state index contributed by atoms with van der Waals surface area (Å²) in [5, 5.41) is 11.9. The van der Waals surface area contributed by atoms with E-state index in [1.807, 2.05) is 18.2 Å². The topological polar surface area (TPSA) is 58.6 Å².